The molecule has 1 aromatic rings. The van der Waals surface area contributed by atoms with Crippen LogP contribution in [0.15, 0.2) is 41.4 Å². The lowest BCUT2D eigenvalue weighted by molar-refractivity contribution is 0.190. The zero-order valence-corrected chi connectivity index (χ0v) is 20.8. The van der Waals surface area contributed by atoms with Gasteiger partial charge in [-0.05, 0) is 58.2 Å². The summed E-state index contributed by atoms with van der Waals surface area (Å²) in [7, 11) is 0. The van der Waals surface area contributed by atoms with Crippen LogP contribution >= 0.6 is 0 Å². The second kappa shape index (κ2) is 12.5. The standard InChI is InChI=1S/C24H36N4O.C2H6/c1-8-20(11-10-16(3)4)28-23(19(14-25)12-17(5)6)26-22-15-27(9-2)18(7)13-21(22)24(28)29;1-2/h8,10-11,14,17-18H,1,9,12-13,15,25H2,2-7H3;1-2H3/b19-14-,20-11+;/t18-;/m1./s1. The first-order valence-corrected chi connectivity index (χ1v) is 11.5. The number of rotatable bonds is 7. The van der Waals surface area contributed by atoms with Crippen LogP contribution in [0, 0.1) is 5.92 Å². The summed E-state index contributed by atoms with van der Waals surface area (Å²) in [5.74, 6) is 1.02. The second-order valence-corrected chi connectivity index (χ2v) is 8.45. The van der Waals surface area contributed by atoms with E-state index in [0.29, 0.717) is 30.7 Å². The Labute approximate surface area is 189 Å². The number of nitrogens with two attached hydrogens (primary N) is 1. The highest BCUT2D eigenvalue weighted by molar-refractivity contribution is 5.68. The number of allylic oxidation sites excluding steroid dienone is 6. The number of nitrogens with zero attached hydrogens (tertiary/aromatic N) is 3. The molecule has 2 N–H and O–H groups in total. The lowest BCUT2D eigenvalue weighted by atomic mass is 9.98. The third kappa shape index (κ3) is 6.54. The van der Waals surface area contributed by atoms with E-state index in [1.807, 2.05) is 39.8 Å². The molecule has 0 spiro atoms. The molecule has 31 heavy (non-hydrogen) atoms. The van der Waals surface area contributed by atoms with Crippen LogP contribution in [0.5, 0.6) is 0 Å². The normalized spacial score (nSPS) is 17.0. The third-order valence-electron chi connectivity index (χ3n) is 5.32. The van der Waals surface area contributed by atoms with Crippen LogP contribution in [0.1, 0.15) is 78.9 Å². The largest absolute Gasteiger partial charge is 0.404 e. The maximum Gasteiger partial charge on any atom is 0.261 e. The number of fused-ring (bicyclic) bond motifs is 1. The number of hydrogen-bond donors (Lipinski definition) is 1. The molecule has 1 aliphatic heterocycles. The minimum absolute atomic E-state index is 0.0102. The maximum atomic E-state index is 13.7. The quantitative estimate of drug-likeness (QED) is 0.595. The summed E-state index contributed by atoms with van der Waals surface area (Å²) in [6.45, 7) is 22.2. The van der Waals surface area contributed by atoms with Gasteiger partial charge in [-0.1, -0.05) is 52.8 Å². The summed E-state index contributed by atoms with van der Waals surface area (Å²) < 4.78 is 1.70. The van der Waals surface area contributed by atoms with E-state index in [0.717, 1.165) is 41.1 Å². The molecule has 1 aromatic heterocycles. The van der Waals surface area contributed by atoms with E-state index in [4.69, 9.17) is 10.7 Å². The Morgan fingerprint density at radius 1 is 1.29 bits per heavy atom. The van der Waals surface area contributed by atoms with E-state index in [9.17, 15) is 4.79 Å². The van der Waals surface area contributed by atoms with Crippen molar-refractivity contribution < 1.29 is 0 Å². The smallest absolute Gasteiger partial charge is 0.261 e. The van der Waals surface area contributed by atoms with Crippen LogP contribution < -0.4 is 11.3 Å². The van der Waals surface area contributed by atoms with Gasteiger partial charge in [0.1, 0.15) is 5.82 Å². The highest BCUT2D eigenvalue weighted by Gasteiger charge is 2.28. The SMILES string of the molecule is C=C/C(=C\C=C(C)C)n1c(/C(=C\N)CC(C)C)nc2c(c1=O)C[C@@H](C)N(CC)C2.CC. The van der Waals surface area contributed by atoms with Crippen molar-refractivity contribution in [2.45, 2.75) is 80.8 Å². The predicted octanol–water partition coefficient (Wildman–Crippen LogP) is 5.37. The Balaban J connectivity index is 0.00000233. The van der Waals surface area contributed by atoms with Gasteiger partial charge in [-0.15, -0.1) is 0 Å². The van der Waals surface area contributed by atoms with E-state index in [-0.39, 0.29) is 5.56 Å². The second-order valence-electron chi connectivity index (χ2n) is 8.45. The van der Waals surface area contributed by atoms with Gasteiger partial charge in [0.25, 0.3) is 5.56 Å². The lowest BCUT2D eigenvalue weighted by Gasteiger charge is -2.33. The van der Waals surface area contributed by atoms with Crippen molar-refractivity contribution in [1.29, 1.82) is 0 Å². The van der Waals surface area contributed by atoms with Crippen LogP contribution in [-0.2, 0) is 13.0 Å². The van der Waals surface area contributed by atoms with E-state index in [1.54, 1.807) is 16.8 Å². The number of aromatic nitrogens is 2. The van der Waals surface area contributed by atoms with E-state index in [2.05, 4.69) is 39.2 Å². The van der Waals surface area contributed by atoms with Crippen LogP contribution in [-0.4, -0.2) is 27.0 Å². The molecule has 5 heteroatoms. The zero-order valence-electron chi connectivity index (χ0n) is 20.8. The average Bonchev–Trinajstić information content (AvgIpc) is 2.74. The van der Waals surface area contributed by atoms with Gasteiger partial charge in [0, 0.05) is 29.9 Å². The van der Waals surface area contributed by atoms with Gasteiger partial charge in [0.05, 0.1) is 11.4 Å². The van der Waals surface area contributed by atoms with Crippen LogP contribution in [0.2, 0.25) is 0 Å². The van der Waals surface area contributed by atoms with Crippen molar-refractivity contribution >= 4 is 11.3 Å². The van der Waals surface area contributed by atoms with Gasteiger partial charge < -0.3 is 5.73 Å². The number of likely N-dealkylation sites (N-methyl/N-ethyl adjacent to an activating group) is 1. The zero-order chi connectivity index (χ0) is 23.7. The van der Waals surface area contributed by atoms with Gasteiger partial charge in [0.15, 0.2) is 0 Å². The van der Waals surface area contributed by atoms with Crippen molar-refractivity contribution in [2.75, 3.05) is 6.54 Å². The molecule has 0 aliphatic carbocycles. The predicted molar refractivity (Wildman–Crippen MR) is 135 cm³/mol. The fourth-order valence-electron chi connectivity index (χ4n) is 3.75. The third-order valence-corrected chi connectivity index (χ3v) is 5.32. The molecule has 0 saturated heterocycles. The van der Waals surface area contributed by atoms with Crippen LogP contribution in [0.4, 0.5) is 0 Å². The van der Waals surface area contributed by atoms with Gasteiger partial charge in [0.2, 0.25) is 0 Å². The molecule has 0 radical (unpaired) electrons. The molecule has 2 heterocycles. The Kier molecular flexibility index (Phi) is 10.7. The van der Waals surface area contributed by atoms with E-state index < -0.39 is 0 Å². The Bertz CT molecular complexity index is 899. The highest BCUT2D eigenvalue weighted by Crippen LogP contribution is 2.26. The molecule has 172 valence electrons. The van der Waals surface area contributed by atoms with E-state index in [1.165, 1.54) is 0 Å². The molecular weight excluding hydrogens is 384 g/mol. The van der Waals surface area contributed by atoms with Gasteiger partial charge >= 0.3 is 0 Å². The maximum absolute atomic E-state index is 13.7. The van der Waals surface area contributed by atoms with Gasteiger partial charge in [-0.3, -0.25) is 14.3 Å². The van der Waals surface area contributed by atoms with Crippen molar-refractivity contribution in [3.63, 3.8) is 0 Å². The fraction of sp³-hybridized carbons (Fsp3) is 0.538. The highest BCUT2D eigenvalue weighted by atomic mass is 16.1. The molecule has 0 unspecified atom stereocenters. The molecule has 1 aliphatic rings. The lowest BCUT2D eigenvalue weighted by Crippen LogP contribution is -2.43. The minimum atomic E-state index is -0.0102. The Morgan fingerprint density at radius 2 is 1.94 bits per heavy atom. The molecular formula is C26H42N4O. The first kappa shape index (κ1) is 26.6. The summed E-state index contributed by atoms with van der Waals surface area (Å²) in [5, 5.41) is 0. The first-order valence-electron chi connectivity index (χ1n) is 11.5. The van der Waals surface area contributed by atoms with Crippen molar-refractivity contribution in [3.8, 4) is 0 Å². The fourth-order valence-corrected chi connectivity index (χ4v) is 3.75. The summed E-state index contributed by atoms with van der Waals surface area (Å²) >= 11 is 0. The first-order chi connectivity index (χ1) is 14.7. The average molecular weight is 427 g/mol. The molecule has 0 bridgehead atoms. The molecule has 2 rings (SSSR count). The molecule has 0 fully saturated rings. The monoisotopic (exact) mass is 426 g/mol. The van der Waals surface area contributed by atoms with E-state index >= 15 is 0 Å². The Hall–Kier alpha value is -2.40. The summed E-state index contributed by atoms with van der Waals surface area (Å²) in [4.78, 5) is 21.0. The van der Waals surface area contributed by atoms with Gasteiger partial charge in [-0.25, -0.2) is 4.98 Å². The molecule has 0 amide bonds. The van der Waals surface area contributed by atoms with Crippen LogP contribution in [0.25, 0.3) is 11.3 Å². The topological polar surface area (TPSA) is 64.2 Å². The summed E-state index contributed by atoms with van der Waals surface area (Å²) in [5.41, 5.74) is 10.4. The molecule has 5 nitrogen and oxygen atoms in total. The minimum Gasteiger partial charge on any atom is -0.404 e. The van der Waals surface area contributed by atoms with Crippen molar-refractivity contribution in [2.24, 2.45) is 11.7 Å². The summed E-state index contributed by atoms with van der Waals surface area (Å²) in [6, 6.07) is 0.315. The van der Waals surface area contributed by atoms with Crippen LogP contribution in [0.3, 0.4) is 0 Å². The number of hydrogen-bond acceptors (Lipinski definition) is 4. The van der Waals surface area contributed by atoms with Crippen molar-refractivity contribution in [1.82, 2.24) is 14.5 Å². The summed E-state index contributed by atoms with van der Waals surface area (Å²) in [6.07, 6.45) is 8.68. The molecule has 1 atom stereocenters. The Morgan fingerprint density at radius 3 is 2.42 bits per heavy atom. The molecule has 0 saturated carbocycles. The van der Waals surface area contributed by atoms with Crippen molar-refractivity contribution in [3.05, 3.63) is 64.0 Å². The molecule has 0 aromatic carbocycles. The van der Waals surface area contributed by atoms with Gasteiger partial charge in [-0.2, -0.15) is 0 Å².